The van der Waals surface area contributed by atoms with Crippen LogP contribution in [0.3, 0.4) is 0 Å². The van der Waals surface area contributed by atoms with Gasteiger partial charge in [0.25, 0.3) is 0 Å². The molecule has 2 nitrogen and oxygen atoms in total. The van der Waals surface area contributed by atoms with E-state index in [0.29, 0.717) is 16.6 Å². The fourth-order valence-electron chi connectivity index (χ4n) is 1.88. The van der Waals surface area contributed by atoms with Crippen LogP contribution in [0.15, 0.2) is 18.5 Å². The topological polar surface area (TPSA) is 28.7 Å². The maximum absolute atomic E-state index is 12.8. The number of hydrogen-bond acceptors (Lipinski definition) is 1. The van der Waals surface area contributed by atoms with Crippen molar-refractivity contribution in [2.45, 2.75) is 25.9 Å². The number of aromatic nitrogens is 2. The lowest BCUT2D eigenvalue weighted by atomic mass is 9.96. The highest BCUT2D eigenvalue weighted by atomic mass is 19.4. The summed E-state index contributed by atoms with van der Waals surface area (Å²) in [6.07, 6.45) is -1.85. The molecule has 0 aromatic carbocycles. The summed E-state index contributed by atoms with van der Waals surface area (Å²) in [5.41, 5.74) is 0.157. The van der Waals surface area contributed by atoms with Crippen molar-refractivity contribution >= 4 is 11.0 Å². The molecule has 2 rings (SSSR count). The Labute approximate surface area is 90.5 Å². The molecule has 2 aromatic heterocycles. The van der Waals surface area contributed by atoms with Crippen LogP contribution < -0.4 is 0 Å². The van der Waals surface area contributed by atoms with Crippen LogP contribution in [-0.2, 0) is 6.18 Å². The van der Waals surface area contributed by atoms with Crippen LogP contribution in [0.1, 0.15) is 30.9 Å². The van der Waals surface area contributed by atoms with Crippen LogP contribution in [0.25, 0.3) is 11.0 Å². The lowest BCUT2D eigenvalue weighted by Crippen LogP contribution is -2.11. The van der Waals surface area contributed by atoms with E-state index >= 15 is 0 Å². The molecule has 0 radical (unpaired) electrons. The number of rotatable bonds is 1. The van der Waals surface area contributed by atoms with E-state index in [2.05, 4.69) is 9.97 Å². The summed E-state index contributed by atoms with van der Waals surface area (Å²) in [6, 6.07) is 1.63. The lowest BCUT2D eigenvalue weighted by Gasteiger charge is -2.15. The molecule has 0 aliphatic heterocycles. The third kappa shape index (κ3) is 1.66. The largest absolute Gasteiger partial charge is 0.418 e. The number of aromatic amines is 1. The first-order valence-corrected chi connectivity index (χ1v) is 4.94. The average molecular weight is 228 g/mol. The predicted octanol–water partition coefficient (Wildman–Crippen LogP) is 3.71. The highest BCUT2D eigenvalue weighted by molar-refractivity contribution is 5.81. The molecule has 2 aromatic rings. The zero-order chi connectivity index (χ0) is 11.9. The summed E-state index contributed by atoms with van der Waals surface area (Å²) in [4.78, 5) is 6.59. The number of halogens is 3. The van der Waals surface area contributed by atoms with Crippen LogP contribution in [0.5, 0.6) is 0 Å². The van der Waals surface area contributed by atoms with Gasteiger partial charge in [0.15, 0.2) is 0 Å². The summed E-state index contributed by atoms with van der Waals surface area (Å²) in [5, 5.41) is 0.546. The molecule has 0 saturated heterocycles. The number of pyridine rings is 1. The van der Waals surface area contributed by atoms with Crippen LogP contribution in [-0.4, -0.2) is 9.97 Å². The summed E-state index contributed by atoms with van der Waals surface area (Å²) >= 11 is 0. The van der Waals surface area contributed by atoms with E-state index in [1.807, 2.05) is 0 Å². The molecular formula is C11H11F3N2. The Balaban J connectivity index is 2.79. The van der Waals surface area contributed by atoms with Gasteiger partial charge in [0.1, 0.15) is 5.65 Å². The summed E-state index contributed by atoms with van der Waals surface area (Å²) in [7, 11) is 0. The SMILES string of the molecule is CC(C)c1c(C(F)(F)F)cnc2[nH]ccc12. The summed E-state index contributed by atoms with van der Waals surface area (Å²) in [5.74, 6) is -0.196. The van der Waals surface area contributed by atoms with Crippen LogP contribution >= 0.6 is 0 Å². The van der Waals surface area contributed by atoms with Gasteiger partial charge >= 0.3 is 6.18 Å². The number of nitrogens with zero attached hydrogens (tertiary/aromatic N) is 1. The minimum Gasteiger partial charge on any atom is -0.346 e. The van der Waals surface area contributed by atoms with Crippen LogP contribution in [0.2, 0.25) is 0 Å². The van der Waals surface area contributed by atoms with Gasteiger partial charge in [-0.2, -0.15) is 13.2 Å². The normalized spacial score (nSPS) is 12.6. The molecule has 0 saturated carbocycles. The van der Waals surface area contributed by atoms with E-state index in [9.17, 15) is 13.2 Å². The Morgan fingerprint density at radius 2 is 2.00 bits per heavy atom. The third-order valence-corrected chi connectivity index (χ3v) is 2.51. The molecular weight excluding hydrogens is 217 g/mol. The summed E-state index contributed by atoms with van der Waals surface area (Å²) in [6.45, 7) is 3.49. The maximum Gasteiger partial charge on any atom is 0.418 e. The molecule has 5 heteroatoms. The number of alkyl halides is 3. The van der Waals surface area contributed by atoms with E-state index in [0.717, 1.165) is 6.20 Å². The molecule has 0 fully saturated rings. The Morgan fingerprint density at radius 3 is 2.56 bits per heavy atom. The monoisotopic (exact) mass is 228 g/mol. The Bertz CT molecular complexity index is 511. The Morgan fingerprint density at radius 1 is 1.31 bits per heavy atom. The van der Waals surface area contributed by atoms with Gasteiger partial charge in [-0.05, 0) is 17.5 Å². The van der Waals surface area contributed by atoms with Crippen LogP contribution in [0.4, 0.5) is 13.2 Å². The Kier molecular flexibility index (Phi) is 2.40. The highest BCUT2D eigenvalue weighted by Crippen LogP contribution is 2.37. The van der Waals surface area contributed by atoms with E-state index in [-0.39, 0.29) is 5.92 Å². The third-order valence-electron chi connectivity index (χ3n) is 2.51. The van der Waals surface area contributed by atoms with Gasteiger partial charge in [-0.15, -0.1) is 0 Å². The molecule has 16 heavy (non-hydrogen) atoms. The van der Waals surface area contributed by atoms with Crippen molar-refractivity contribution in [3.63, 3.8) is 0 Å². The van der Waals surface area contributed by atoms with Gasteiger partial charge in [-0.3, -0.25) is 0 Å². The Hall–Kier alpha value is -1.52. The standard InChI is InChI=1S/C11H11F3N2/c1-6(2)9-7-3-4-15-10(7)16-5-8(9)11(12,13)14/h3-6H,1-2H3,(H,15,16). The minimum atomic E-state index is -4.35. The smallest absolute Gasteiger partial charge is 0.346 e. The van der Waals surface area contributed by atoms with Crippen molar-refractivity contribution in [2.24, 2.45) is 0 Å². The molecule has 0 aliphatic rings. The van der Waals surface area contributed by atoms with E-state index in [1.165, 1.54) is 0 Å². The minimum absolute atomic E-state index is 0.196. The van der Waals surface area contributed by atoms with Gasteiger partial charge < -0.3 is 4.98 Å². The quantitative estimate of drug-likeness (QED) is 0.792. The van der Waals surface area contributed by atoms with Crippen LogP contribution in [0, 0.1) is 0 Å². The lowest BCUT2D eigenvalue weighted by molar-refractivity contribution is -0.138. The van der Waals surface area contributed by atoms with Gasteiger partial charge in [0, 0.05) is 17.8 Å². The first kappa shape index (κ1) is 11.0. The predicted molar refractivity (Wildman–Crippen MR) is 55.2 cm³/mol. The molecule has 2 heterocycles. The highest BCUT2D eigenvalue weighted by Gasteiger charge is 2.35. The molecule has 0 aliphatic carbocycles. The molecule has 1 N–H and O–H groups in total. The fourth-order valence-corrected chi connectivity index (χ4v) is 1.88. The second kappa shape index (κ2) is 3.50. The van der Waals surface area contributed by atoms with Gasteiger partial charge in [0.05, 0.1) is 5.56 Å². The van der Waals surface area contributed by atoms with Gasteiger partial charge in [-0.25, -0.2) is 4.98 Å². The second-order valence-electron chi connectivity index (χ2n) is 3.98. The first-order chi connectivity index (χ1) is 7.41. The van der Waals surface area contributed by atoms with Crippen molar-refractivity contribution in [1.82, 2.24) is 9.97 Å². The molecule has 0 atom stereocenters. The molecule has 0 amide bonds. The molecule has 0 unspecified atom stereocenters. The van der Waals surface area contributed by atoms with Gasteiger partial charge in [0.2, 0.25) is 0 Å². The summed E-state index contributed by atoms with van der Waals surface area (Å²) < 4.78 is 38.4. The zero-order valence-corrected chi connectivity index (χ0v) is 8.89. The maximum atomic E-state index is 12.8. The van der Waals surface area contributed by atoms with E-state index in [1.54, 1.807) is 26.1 Å². The number of H-pyrrole nitrogens is 1. The molecule has 0 bridgehead atoms. The zero-order valence-electron chi connectivity index (χ0n) is 8.89. The van der Waals surface area contributed by atoms with Crippen molar-refractivity contribution in [1.29, 1.82) is 0 Å². The van der Waals surface area contributed by atoms with E-state index in [4.69, 9.17) is 0 Å². The van der Waals surface area contributed by atoms with Gasteiger partial charge in [-0.1, -0.05) is 13.8 Å². The second-order valence-corrected chi connectivity index (χ2v) is 3.98. The number of hydrogen-bond donors (Lipinski definition) is 1. The average Bonchev–Trinajstić information content (AvgIpc) is 2.61. The molecule has 86 valence electrons. The van der Waals surface area contributed by atoms with Crippen molar-refractivity contribution in [3.05, 3.63) is 29.6 Å². The number of nitrogens with one attached hydrogen (secondary N) is 1. The molecule has 0 spiro atoms. The van der Waals surface area contributed by atoms with Crippen molar-refractivity contribution in [2.75, 3.05) is 0 Å². The van der Waals surface area contributed by atoms with Crippen molar-refractivity contribution in [3.8, 4) is 0 Å². The number of fused-ring (bicyclic) bond motifs is 1. The van der Waals surface area contributed by atoms with E-state index < -0.39 is 11.7 Å². The fraction of sp³-hybridized carbons (Fsp3) is 0.364. The van der Waals surface area contributed by atoms with Crippen molar-refractivity contribution < 1.29 is 13.2 Å². The first-order valence-electron chi connectivity index (χ1n) is 4.94.